The Morgan fingerprint density at radius 2 is 1.71 bits per heavy atom. The van der Waals surface area contributed by atoms with Gasteiger partial charge >= 0.3 is 0 Å². The van der Waals surface area contributed by atoms with Crippen LogP contribution >= 0.6 is 12.4 Å². The first-order chi connectivity index (χ1) is 7.71. The van der Waals surface area contributed by atoms with E-state index in [2.05, 4.69) is 32.7 Å². The number of halogens is 1. The predicted molar refractivity (Wildman–Crippen MR) is 77.1 cm³/mol. The summed E-state index contributed by atoms with van der Waals surface area (Å²) in [5, 5.41) is 0. The van der Waals surface area contributed by atoms with Gasteiger partial charge in [0.05, 0.1) is 12.7 Å². The first-order valence-corrected chi connectivity index (χ1v) is 7.04. The molecule has 1 fully saturated rings. The molecule has 0 N–H and O–H groups in total. The van der Waals surface area contributed by atoms with E-state index in [-0.39, 0.29) is 12.4 Å². The molecule has 1 heterocycles. The fraction of sp³-hybridized carbons (Fsp3) is 1.00. The Kier molecular flexibility index (Phi) is 8.44. The normalized spacial score (nSPS) is 24.4. The van der Waals surface area contributed by atoms with Crippen molar-refractivity contribution in [3.8, 4) is 0 Å². The highest BCUT2D eigenvalue weighted by molar-refractivity contribution is 5.85. The summed E-state index contributed by atoms with van der Waals surface area (Å²) in [6.07, 6.45) is 7.97. The second-order valence-corrected chi connectivity index (χ2v) is 5.17. The van der Waals surface area contributed by atoms with E-state index in [1.165, 1.54) is 38.5 Å². The number of morpholine rings is 1. The zero-order chi connectivity index (χ0) is 12.0. The van der Waals surface area contributed by atoms with Gasteiger partial charge in [-0.3, -0.25) is 4.90 Å². The van der Waals surface area contributed by atoms with Crippen molar-refractivity contribution in [3.05, 3.63) is 0 Å². The molecule has 1 aliphatic heterocycles. The predicted octanol–water partition coefficient (Wildman–Crippen LogP) is 3.88. The van der Waals surface area contributed by atoms with Crippen molar-refractivity contribution < 1.29 is 4.74 Å². The van der Waals surface area contributed by atoms with Crippen molar-refractivity contribution in [2.24, 2.45) is 0 Å². The number of rotatable bonds is 6. The lowest BCUT2D eigenvalue weighted by atomic mass is 9.79. The summed E-state index contributed by atoms with van der Waals surface area (Å²) < 4.78 is 6.07. The molecule has 104 valence electrons. The van der Waals surface area contributed by atoms with Crippen LogP contribution in [0.3, 0.4) is 0 Å². The van der Waals surface area contributed by atoms with Crippen molar-refractivity contribution in [2.45, 2.75) is 70.9 Å². The molecular formula is C14H30ClNO. The Morgan fingerprint density at radius 3 is 2.18 bits per heavy atom. The largest absolute Gasteiger partial charge is 0.375 e. The SMILES string of the molecule is CCCC1OCCN(C)C1(CCC)CCC.Cl. The first kappa shape index (κ1) is 17.2. The van der Waals surface area contributed by atoms with Crippen LogP contribution in [-0.4, -0.2) is 36.7 Å². The van der Waals surface area contributed by atoms with Gasteiger partial charge in [-0.25, -0.2) is 0 Å². The maximum absolute atomic E-state index is 6.07. The zero-order valence-electron chi connectivity index (χ0n) is 12.0. The second kappa shape index (κ2) is 8.34. The summed E-state index contributed by atoms with van der Waals surface area (Å²) in [7, 11) is 2.29. The number of hydrogen-bond acceptors (Lipinski definition) is 2. The van der Waals surface area contributed by atoms with Gasteiger partial charge in [0.2, 0.25) is 0 Å². The fourth-order valence-corrected chi connectivity index (χ4v) is 3.26. The molecule has 2 nitrogen and oxygen atoms in total. The fourth-order valence-electron chi connectivity index (χ4n) is 3.26. The lowest BCUT2D eigenvalue weighted by Gasteiger charge is -2.51. The van der Waals surface area contributed by atoms with Gasteiger partial charge in [-0.2, -0.15) is 0 Å². The van der Waals surface area contributed by atoms with Gasteiger partial charge in [0.15, 0.2) is 0 Å². The summed E-state index contributed by atoms with van der Waals surface area (Å²) in [6, 6.07) is 0. The first-order valence-electron chi connectivity index (χ1n) is 7.04. The monoisotopic (exact) mass is 263 g/mol. The molecule has 17 heavy (non-hydrogen) atoms. The van der Waals surface area contributed by atoms with Crippen LogP contribution in [0, 0.1) is 0 Å². The maximum Gasteiger partial charge on any atom is 0.0759 e. The minimum atomic E-state index is 0. The lowest BCUT2D eigenvalue weighted by molar-refractivity contribution is -0.128. The van der Waals surface area contributed by atoms with Crippen molar-refractivity contribution in [1.82, 2.24) is 4.90 Å². The Balaban J connectivity index is 0.00000256. The number of nitrogens with zero attached hydrogens (tertiary/aromatic N) is 1. The van der Waals surface area contributed by atoms with Gasteiger partial charge in [-0.15, -0.1) is 12.4 Å². The molecule has 0 aromatic rings. The summed E-state index contributed by atoms with van der Waals surface area (Å²) in [6.45, 7) is 8.86. The molecule has 0 aromatic heterocycles. The molecule has 0 spiro atoms. The molecular weight excluding hydrogens is 234 g/mol. The van der Waals surface area contributed by atoms with E-state index in [1.807, 2.05) is 0 Å². The summed E-state index contributed by atoms with van der Waals surface area (Å²) in [5.74, 6) is 0. The molecule has 3 heteroatoms. The van der Waals surface area contributed by atoms with Crippen LogP contribution in [-0.2, 0) is 4.74 Å². The average molecular weight is 264 g/mol. The van der Waals surface area contributed by atoms with Gasteiger partial charge in [0.25, 0.3) is 0 Å². The topological polar surface area (TPSA) is 12.5 Å². The van der Waals surface area contributed by atoms with Crippen LogP contribution in [0.25, 0.3) is 0 Å². The summed E-state index contributed by atoms with van der Waals surface area (Å²) in [5.41, 5.74) is 0.317. The third-order valence-corrected chi connectivity index (χ3v) is 4.02. The second-order valence-electron chi connectivity index (χ2n) is 5.17. The summed E-state index contributed by atoms with van der Waals surface area (Å²) >= 11 is 0. The number of hydrogen-bond donors (Lipinski definition) is 0. The molecule has 1 rings (SSSR count). The molecule has 1 unspecified atom stereocenters. The smallest absolute Gasteiger partial charge is 0.0759 e. The minimum absolute atomic E-state index is 0. The Morgan fingerprint density at radius 1 is 1.12 bits per heavy atom. The Hall–Kier alpha value is 0.210. The van der Waals surface area contributed by atoms with E-state index in [4.69, 9.17) is 4.74 Å². The molecule has 0 saturated carbocycles. The van der Waals surface area contributed by atoms with E-state index in [9.17, 15) is 0 Å². The van der Waals surface area contributed by atoms with Crippen LogP contribution in [0.4, 0.5) is 0 Å². The molecule has 0 aromatic carbocycles. The lowest BCUT2D eigenvalue weighted by Crippen LogP contribution is -2.60. The minimum Gasteiger partial charge on any atom is -0.375 e. The maximum atomic E-state index is 6.07. The highest BCUT2D eigenvalue weighted by Crippen LogP contribution is 2.36. The van der Waals surface area contributed by atoms with Crippen molar-refractivity contribution in [3.63, 3.8) is 0 Å². The average Bonchev–Trinajstić information content (AvgIpc) is 2.26. The zero-order valence-corrected chi connectivity index (χ0v) is 12.8. The van der Waals surface area contributed by atoms with E-state index in [0.29, 0.717) is 11.6 Å². The van der Waals surface area contributed by atoms with Gasteiger partial charge in [0.1, 0.15) is 0 Å². The van der Waals surface area contributed by atoms with E-state index in [1.54, 1.807) is 0 Å². The molecule has 1 aliphatic rings. The quantitative estimate of drug-likeness (QED) is 0.721. The third-order valence-electron chi connectivity index (χ3n) is 4.02. The number of ether oxygens (including phenoxy) is 1. The van der Waals surface area contributed by atoms with Gasteiger partial charge in [0, 0.05) is 12.1 Å². The van der Waals surface area contributed by atoms with Gasteiger partial charge in [-0.05, 0) is 26.3 Å². The highest BCUT2D eigenvalue weighted by Gasteiger charge is 2.43. The van der Waals surface area contributed by atoms with Crippen LogP contribution in [0.2, 0.25) is 0 Å². The van der Waals surface area contributed by atoms with Crippen molar-refractivity contribution in [1.29, 1.82) is 0 Å². The van der Waals surface area contributed by atoms with Gasteiger partial charge < -0.3 is 4.74 Å². The van der Waals surface area contributed by atoms with Crippen molar-refractivity contribution in [2.75, 3.05) is 20.2 Å². The molecule has 1 saturated heterocycles. The van der Waals surface area contributed by atoms with E-state index >= 15 is 0 Å². The molecule has 0 aliphatic carbocycles. The molecule has 0 radical (unpaired) electrons. The van der Waals surface area contributed by atoms with E-state index in [0.717, 1.165) is 13.2 Å². The summed E-state index contributed by atoms with van der Waals surface area (Å²) in [4.78, 5) is 2.57. The third kappa shape index (κ3) is 3.84. The molecule has 1 atom stereocenters. The van der Waals surface area contributed by atoms with Crippen LogP contribution in [0.15, 0.2) is 0 Å². The van der Waals surface area contributed by atoms with Crippen LogP contribution in [0.1, 0.15) is 59.3 Å². The standard InChI is InChI=1S/C14H29NO.ClH/c1-5-8-13-14(9-6-2,10-7-3)15(4)11-12-16-13;/h13H,5-12H2,1-4H3;1H. The number of likely N-dealkylation sites (N-methyl/N-ethyl adjacent to an activating group) is 1. The molecule has 0 amide bonds. The van der Waals surface area contributed by atoms with E-state index < -0.39 is 0 Å². The molecule has 0 bridgehead atoms. The van der Waals surface area contributed by atoms with Gasteiger partial charge in [-0.1, -0.05) is 40.0 Å². The van der Waals surface area contributed by atoms with Crippen LogP contribution < -0.4 is 0 Å². The Labute approximate surface area is 114 Å². The van der Waals surface area contributed by atoms with Crippen LogP contribution in [0.5, 0.6) is 0 Å². The highest BCUT2D eigenvalue weighted by atomic mass is 35.5. The van der Waals surface area contributed by atoms with Crippen molar-refractivity contribution >= 4 is 12.4 Å². The Bertz CT molecular complexity index is 191.